The minimum absolute atomic E-state index is 0.188. The van der Waals surface area contributed by atoms with Gasteiger partial charge in [-0.2, -0.15) is 0 Å². The molecule has 1 aliphatic heterocycles. The van der Waals surface area contributed by atoms with Crippen LogP contribution in [0.2, 0.25) is 0 Å². The van der Waals surface area contributed by atoms with E-state index >= 15 is 0 Å². The lowest BCUT2D eigenvalue weighted by atomic mass is 9.99. The number of hydrogen-bond donors (Lipinski definition) is 0. The molecule has 2 heterocycles. The predicted molar refractivity (Wildman–Crippen MR) is 102 cm³/mol. The second-order valence-corrected chi connectivity index (χ2v) is 8.34. The van der Waals surface area contributed by atoms with Crippen molar-refractivity contribution < 1.29 is 4.79 Å². The molecule has 1 aromatic carbocycles. The normalized spacial score (nSPS) is 17.9. The Morgan fingerprint density at radius 3 is 2.79 bits per heavy atom. The molecule has 0 bridgehead atoms. The third-order valence-corrected chi connectivity index (χ3v) is 6.38. The van der Waals surface area contributed by atoms with E-state index in [1.54, 1.807) is 23.1 Å². The van der Waals surface area contributed by atoms with E-state index in [9.17, 15) is 4.79 Å². The Bertz CT molecular complexity index is 681. The fourth-order valence-electron chi connectivity index (χ4n) is 3.18. The first-order chi connectivity index (χ1) is 11.7. The number of thiazole rings is 1. The molecule has 3 rings (SSSR count). The summed E-state index contributed by atoms with van der Waals surface area (Å²) in [5, 5.41) is 3.22. The average molecular weight is 361 g/mol. The van der Waals surface area contributed by atoms with Gasteiger partial charge in [0, 0.05) is 34.2 Å². The number of carbonyl (C=O) groups excluding carboxylic acids is 1. The summed E-state index contributed by atoms with van der Waals surface area (Å²) in [5.41, 5.74) is 1.94. The van der Waals surface area contributed by atoms with Crippen molar-refractivity contribution in [2.24, 2.45) is 0 Å². The van der Waals surface area contributed by atoms with Crippen LogP contribution >= 0.6 is 23.1 Å². The molecule has 128 valence electrons. The lowest BCUT2D eigenvalue weighted by molar-refractivity contribution is 0.0608. The Balaban J connectivity index is 1.62. The van der Waals surface area contributed by atoms with Crippen molar-refractivity contribution >= 4 is 29.0 Å². The number of benzene rings is 1. The highest BCUT2D eigenvalue weighted by atomic mass is 32.2. The van der Waals surface area contributed by atoms with Crippen LogP contribution in [0.15, 0.2) is 34.5 Å². The van der Waals surface area contributed by atoms with Crippen LogP contribution in [0.4, 0.5) is 0 Å². The zero-order chi connectivity index (χ0) is 16.9. The summed E-state index contributed by atoms with van der Waals surface area (Å²) in [5.74, 6) is 1.06. The van der Waals surface area contributed by atoms with Gasteiger partial charge in [-0.05, 0) is 56.9 Å². The van der Waals surface area contributed by atoms with E-state index < -0.39 is 0 Å². The number of piperidine rings is 1. The van der Waals surface area contributed by atoms with Crippen molar-refractivity contribution in [3.05, 3.63) is 45.9 Å². The summed E-state index contributed by atoms with van der Waals surface area (Å²) in [6.45, 7) is 5.11. The second-order valence-electron chi connectivity index (χ2n) is 6.23. The number of nitrogens with zero attached hydrogens (tertiary/aromatic N) is 2. The number of hydrogen-bond acceptors (Lipinski definition) is 4. The first kappa shape index (κ1) is 17.5. The van der Waals surface area contributed by atoms with Crippen LogP contribution in [0.1, 0.15) is 53.7 Å². The highest BCUT2D eigenvalue weighted by Gasteiger charge is 2.25. The number of carbonyl (C=O) groups is 1. The van der Waals surface area contributed by atoms with Crippen molar-refractivity contribution in [2.45, 2.75) is 56.2 Å². The topological polar surface area (TPSA) is 33.2 Å². The third-order valence-electron chi connectivity index (χ3n) is 4.51. The Hall–Kier alpha value is -1.33. The highest BCUT2D eigenvalue weighted by Crippen LogP contribution is 2.26. The van der Waals surface area contributed by atoms with E-state index in [1.165, 1.54) is 11.3 Å². The number of aromatic nitrogens is 1. The molecule has 1 atom stereocenters. The maximum absolute atomic E-state index is 12.8. The van der Waals surface area contributed by atoms with Gasteiger partial charge in [0.1, 0.15) is 0 Å². The zero-order valence-corrected chi connectivity index (χ0v) is 16.0. The Morgan fingerprint density at radius 1 is 1.33 bits per heavy atom. The third kappa shape index (κ3) is 4.19. The molecule has 1 aromatic heterocycles. The van der Waals surface area contributed by atoms with Crippen molar-refractivity contribution in [1.82, 2.24) is 9.88 Å². The van der Waals surface area contributed by atoms with Crippen LogP contribution in [0.3, 0.4) is 0 Å². The Labute approximate surface area is 152 Å². The van der Waals surface area contributed by atoms with Gasteiger partial charge in [-0.1, -0.05) is 6.92 Å². The Kier molecular flexibility index (Phi) is 5.95. The smallest absolute Gasteiger partial charge is 0.254 e. The number of amides is 1. The maximum atomic E-state index is 12.8. The fourth-order valence-corrected chi connectivity index (χ4v) is 4.69. The summed E-state index contributed by atoms with van der Waals surface area (Å²) >= 11 is 3.46. The van der Waals surface area contributed by atoms with Crippen LogP contribution in [-0.2, 0) is 5.75 Å². The molecule has 3 nitrogen and oxygen atoms in total. The lowest BCUT2D eigenvalue weighted by Gasteiger charge is -2.35. The maximum Gasteiger partial charge on any atom is 0.254 e. The molecule has 0 spiro atoms. The molecule has 5 heteroatoms. The molecule has 1 amide bonds. The molecule has 0 saturated carbocycles. The van der Waals surface area contributed by atoms with Crippen LogP contribution in [-0.4, -0.2) is 28.4 Å². The van der Waals surface area contributed by atoms with E-state index in [0.717, 1.165) is 47.8 Å². The standard InChI is InChI=1S/C19H24N2OS2/c1-3-17-6-4-5-11-21(17)19(22)15-7-9-18(10-8-15)24-13-16-12-23-14(2)20-16/h7-10,12,17H,3-6,11,13H2,1-2H3. The van der Waals surface area contributed by atoms with Crippen molar-refractivity contribution in [2.75, 3.05) is 6.54 Å². The number of likely N-dealkylation sites (tertiary alicyclic amines) is 1. The summed E-state index contributed by atoms with van der Waals surface area (Å²) in [7, 11) is 0. The van der Waals surface area contributed by atoms with Gasteiger partial charge in [0.2, 0.25) is 0 Å². The molecule has 1 aliphatic rings. The van der Waals surface area contributed by atoms with Crippen molar-refractivity contribution in [1.29, 1.82) is 0 Å². The number of thioether (sulfide) groups is 1. The molecule has 0 N–H and O–H groups in total. The summed E-state index contributed by atoms with van der Waals surface area (Å²) in [6.07, 6.45) is 4.56. The van der Waals surface area contributed by atoms with E-state index in [-0.39, 0.29) is 5.91 Å². The van der Waals surface area contributed by atoms with Crippen LogP contribution in [0.5, 0.6) is 0 Å². The van der Waals surface area contributed by atoms with Crippen LogP contribution in [0.25, 0.3) is 0 Å². The second kappa shape index (κ2) is 8.17. The molecule has 0 aliphatic carbocycles. The van der Waals surface area contributed by atoms with E-state index in [0.29, 0.717) is 6.04 Å². The van der Waals surface area contributed by atoms with E-state index in [4.69, 9.17) is 0 Å². The summed E-state index contributed by atoms with van der Waals surface area (Å²) in [4.78, 5) is 20.5. The molecule has 1 fully saturated rings. The molecule has 1 saturated heterocycles. The SMILES string of the molecule is CCC1CCCCN1C(=O)c1ccc(SCc2csc(C)n2)cc1. The van der Waals surface area contributed by atoms with Gasteiger partial charge in [-0.3, -0.25) is 4.79 Å². The largest absolute Gasteiger partial charge is 0.336 e. The van der Waals surface area contributed by atoms with Gasteiger partial charge in [0.15, 0.2) is 0 Å². The molecular weight excluding hydrogens is 336 g/mol. The van der Waals surface area contributed by atoms with Gasteiger partial charge in [-0.15, -0.1) is 23.1 Å². The molecular formula is C19H24N2OS2. The van der Waals surface area contributed by atoms with Gasteiger partial charge in [-0.25, -0.2) is 4.98 Å². The first-order valence-electron chi connectivity index (χ1n) is 8.62. The zero-order valence-electron chi connectivity index (χ0n) is 14.3. The predicted octanol–water partition coefficient (Wildman–Crippen LogP) is 5.15. The minimum atomic E-state index is 0.188. The monoisotopic (exact) mass is 360 g/mol. The molecule has 1 unspecified atom stereocenters. The quantitative estimate of drug-likeness (QED) is 0.692. The molecule has 2 aromatic rings. The molecule has 0 radical (unpaired) electrons. The summed E-state index contributed by atoms with van der Waals surface area (Å²) in [6, 6.07) is 8.47. The number of rotatable bonds is 5. The highest BCUT2D eigenvalue weighted by molar-refractivity contribution is 7.98. The van der Waals surface area contributed by atoms with Gasteiger partial charge in [0.05, 0.1) is 10.7 Å². The van der Waals surface area contributed by atoms with Crippen LogP contribution < -0.4 is 0 Å². The number of aryl methyl sites for hydroxylation is 1. The molecule has 24 heavy (non-hydrogen) atoms. The average Bonchev–Trinajstić information content (AvgIpc) is 3.05. The first-order valence-corrected chi connectivity index (χ1v) is 10.5. The van der Waals surface area contributed by atoms with E-state index in [1.807, 2.05) is 19.1 Å². The summed E-state index contributed by atoms with van der Waals surface area (Å²) < 4.78 is 0. The van der Waals surface area contributed by atoms with Gasteiger partial charge < -0.3 is 4.90 Å². The van der Waals surface area contributed by atoms with Crippen molar-refractivity contribution in [3.8, 4) is 0 Å². The van der Waals surface area contributed by atoms with Gasteiger partial charge in [0.25, 0.3) is 5.91 Å². The lowest BCUT2D eigenvalue weighted by Crippen LogP contribution is -2.43. The van der Waals surface area contributed by atoms with E-state index in [2.05, 4.69) is 34.3 Å². The van der Waals surface area contributed by atoms with Crippen molar-refractivity contribution in [3.63, 3.8) is 0 Å². The fraction of sp³-hybridized carbons (Fsp3) is 0.474. The van der Waals surface area contributed by atoms with Gasteiger partial charge >= 0.3 is 0 Å². The Morgan fingerprint density at radius 2 is 2.12 bits per heavy atom. The minimum Gasteiger partial charge on any atom is -0.336 e. The van der Waals surface area contributed by atoms with Crippen LogP contribution in [0, 0.1) is 6.92 Å².